The standard InChI is InChI=1S/C12H21ClN4O/c1-3-5-6-7-8-14-11-15-10(13)16-12(17-11)18-9-4-2/h3-9H2,1-2H3,(H,14,15,16,17). The smallest absolute Gasteiger partial charge is 0.322 e. The monoisotopic (exact) mass is 272 g/mol. The molecule has 6 heteroatoms. The average molecular weight is 273 g/mol. The molecule has 1 aromatic rings. The quantitative estimate of drug-likeness (QED) is 0.699. The Morgan fingerprint density at radius 1 is 1.06 bits per heavy atom. The molecule has 0 aliphatic rings. The number of nitrogens with zero attached hydrogens (tertiary/aromatic N) is 3. The van der Waals surface area contributed by atoms with Gasteiger partial charge >= 0.3 is 6.01 Å². The maximum Gasteiger partial charge on any atom is 0.322 e. The van der Waals surface area contributed by atoms with Gasteiger partial charge in [0.25, 0.3) is 0 Å². The molecule has 0 atom stereocenters. The zero-order valence-corrected chi connectivity index (χ0v) is 11.8. The molecule has 0 saturated carbocycles. The molecule has 1 aromatic heterocycles. The van der Waals surface area contributed by atoms with Gasteiger partial charge in [0.15, 0.2) is 0 Å². The molecule has 0 aliphatic carbocycles. The summed E-state index contributed by atoms with van der Waals surface area (Å²) in [5.41, 5.74) is 0. The highest BCUT2D eigenvalue weighted by Gasteiger charge is 2.05. The Bertz CT molecular complexity index is 349. The summed E-state index contributed by atoms with van der Waals surface area (Å²) in [5, 5.41) is 3.29. The van der Waals surface area contributed by atoms with Gasteiger partial charge in [-0.3, -0.25) is 0 Å². The van der Waals surface area contributed by atoms with Gasteiger partial charge in [0, 0.05) is 6.54 Å². The summed E-state index contributed by atoms with van der Waals surface area (Å²) in [7, 11) is 0. The van der Waals surface area contributed by atoms with Crippen molar-refractivity contribution in [1.82, 2.24) is 15.0 Å². The molecule has 0 amide bonds. The van der Waals surface area contributed by atoms with Crippen LogP contribution in [0.2, 0.25) is 5.28 Å². The Morgan fingerprint density at radius 3 is 2.61 bits per heavy atom. The van der Waals surface area contributed by atoms with Crippen molar-refractivity contribution in [2.75, 3.05) is 18.5 Å². The Hall–Kier alpha value is -1.10. The number of anilines is 1. The van der Waals surface area contributed by atoms with E-state index in [4.69, 9.17) is 16.3 Å². The maximum atomic E-state index is 5.81. The van der Waals surface area contributed by atoms with Crippen LogP contribution in [0.3, 0.4) is 0 Å². The number of rotatable bonds is 9. The molecule has 0 fully saturated rings. The summed E-state index contributed by atoms with van der Waals surface area (Å²) in [4.78, 5) is 12.1. The summed E-state index contributed by atoms with van der Waals surface area (Å²) in [6.07, 6.45) is 5.70. The second-order valence-corrected chi connectivity index (χ2v) is 4.38. The number of hydrogen-bond donors (Lipinski definition) is 1. The van der Waals surface area contributed by atoms with Gasteiger partial charge < -0.3 is 10.1 Å². The van der Waals surface area contributed by atoms with Crippen molar-refractivity contribution in [3.8, 4) is 6.01 Å². The third-order valence-corrected chi connectivity index (χ3v) is 2.51. The third-order valence-electron chi connectivity index (χ3n) is 2.34. The van der Waals surface area contributed by atoms with Crippen molar-refractivity contribution in [3.05, 3.63) is 5.28 Å². The molecule has 5 nitrogen and oxygen atoms in total. The lowest BCUT2D eigenvalue weighted by atomic mass is 10.2. The Morgan fingerprint density at radius 2 is 1.89 bits per heavy atom. The van der Waals surface area contributed by atoms with Crippen LogP contribution in [0.1, 0.15) is 46.0 Å². The van der Waals surface area contributed by atoms with Crippen LogP contribution < -0.4 is 10.1 Å². The van der Waals surface area contributed by atoms with Crippen molar-refractivity contribution in [3.63, 3.8) is 0 Å². The number of ether oxygens (including phenoxy) is 1. The highest BCUT2D eigenvalue weighted by atomic mass is 35.5. The van der Waals surface area contributed by atoms with E-state index in [0.29, 0.717) is 12.6 Å². The molecule has 0 bridgehead atoms. The van der Waals surface area contributed by atoms with Gasteiger partial charge in [0.05, 0.1) is 6.61 Å². The SMILES string of the molecule is CCCCCCNc1nc(Cl)nc(OCCC)n1. The van der Waals surface area contributed by atoms with E-state index >= 15 is 0 Å². The van der Waals surface area contributed by atoms with E-state index in [1.54, 1.807) is 0 Å². The molecule has 102 valence electrons. The lowest BCUT2D eigenvalue weighted by Crippen LogP contribution is -2.08. The van der Waals surface area contributed by atoms with Gasteiger partial charge in [-0.2, -0.15) is 15.0 Å². The largest absolute Gasteiger partial charge is 0.463 e. The van der Waals surface area contributed by atoms with E-state index in [9.17, 15) is 0 Å². The molecular formula is C12H21ClN4O. The van der Waals surface area contributed by atoms with Crippen LogP contribution >= 0.6 is 11.6 Å². The number of unbranched alkanes of at least 4 members (excludes halogenated alkanes) is 3. The van der Waals surface area contributed by atoms with Gasteiger partial charge in [-0.05, 0) is 24.4 Å². The summed E-state index contributed by atoms with van der Waals surface area (Å²) < 4.78 is 5.33. The van der Waals surface area contributed by atoms with Crippen LogP contribution in [-0.4, -0.2) is 28.1 Å². The van der Waals surface area contributed by atoms with Crippen LogP contribution in [0.5, 0.6) is 6.01 Å². The normalized spacial score (nSPS) is 10.4. The number of nitrogens with one attached hydrogen (secondary N) is 1. The predicted molar refractivity (Wildman–Crippen MR) is 73.3 cm³/mol. The van der Waals surface area contributed by atoms with Crippen LogP contribution in [0.25, 0.3) is 0 Å². The van der Waals surface area contributed by atoms with Crippen LogP contribution in [0, 0.1) is 0 Å². The maximum absolute atomic E-state index is 5.81. The van der Waals surface area contributed by atoms with E-state index in [1.807, 2.05) is 6.92 Å². The van der Waals surface area contributed by atoms with E-state index < -0.39 is 0 Å². The fraction of sp³-hybridized carbons (Fsp3) is 0.750. The number of hydrogen-bond acceptors (Lipinski definition) is 5. The van der Waals surface area contributed by atoms with Crippen molar-refractivity contribution in [2.45, 2.75) is 46.0 Å². The van der Waals surface area contributed by atoms with Gasteiger partial charge in [-0.15, -0.1) is 0 Å². The summed E-state index contributed by atoms with van der Waals surface area (Å²) in [6, 6.07) is 0.285. The zero-order valence-electron chi connectivity index (χ0n) is 11.1. The first-order valence-corrected chi connectivity index (χ1v) is 6.92. The molecule has 0 aliphatic heterocycles. The first-order valence-electron chi connectivity index (χ1n) is 6.54. The first kappa shape index (κ1) is 15.0. The number of halogens is 1. The van der Waals surface area contributed by atoms with Gasteiger partial charge in [-0.25, -0.2) is 0 Å². The Balaban J connectivity index is 2.41. The minimum absolute atomic E-state index is 0.159. The lowest BCUT2D eigenvalue weighted by molar-refractivity contribution is 0.291. The van der Waals surface area contributed by atoms with Crippen molar-refractivity contribution >= 4 is 17.5 Å². The molecule has 0 spiro atoms. The van der Waals surface area contributed by atoms with Gasteiger partial charge in [0.2, 0.25) is 11.2 Å². The molecule has 1 heterocycles. The van der Waals surface area contributed by atoms with Crippen LogP contribution in [-0.2, 0) is 0 Å². The van der Waals surface area contributed by atoms with E-state index in [0.717, 1.165) is 19.4 Å². The highest BCUT2D eigenvalue weighted by molar-refractivity contribution is 6.28. The second-order valence-electron chi connectivity index (χ2n) is 4.05. The topological polar surface area (TPSA) is 59.9 Å². The van der Waals surface area contributed by atoms with Crippen molar-refractivity contribution < 1.29 is 4.74 Å². The molecule has 0 unspecified atom stereocenters. The van der Waals surface area contributed by atoms with E-state index in [-0.39, 0.29) is 11.3 Å². The van der Waals surface area contributed by atoms with Crippen molar-refractivity contribution in [1.29, 1.82) is 0 Å². The first-order chi connectivity index (χ1) is 8.76. The Labute approximate surface area is 113 Å². The van der Waals surface area contributed by atoms with Crippen molar-refractivity contribution in [2.24, 2.45) is 0 Å². The molecule has 0 aromatic carbocycles. The van der Waals surface area contributed by atoms with Crippen LogP contribution in [0.4, 0.5) is 5.95 Å². The van der Waals surface area contributed by atoms with Crippen LogP contribution in [0.15, 0.2) is 0 Å². The fourth-order valence-corrected chi connectivity index (χ4v) is 1.57. The fourth-order valence-electron chi connectivity index (χ4n) is 1.42. The average Bonchev–Trinajstić information content (AvgIpc) is 2.35. The summed E-state index contributed by atoms with van der Waals surface area (Å²) in [5.74, 6) is 0.484. The minimum atomic E-state index is 0.159. The lowest BCUT2D eigenvalue weighted by Gasteiger charge is -2.07. The molecule has 0 saturated heterocycles. The highest BCUT2D eigenvalue weighted by Crippen LogP contribution is 2.11. The zero-order chi connectivity index (χ0) is 13.2. The number of aromatic nitrogens is 3. The predicted octanol–water partition coefficient (Wildman–Crippen LogP) is 3.31. The Kier molecular flexibility index (Phi) is 7.41. The molecule has 18 heavy (non-hydrogen) atoms. The minimum Gasteiger partial charge on any atom is -0.463 e. The molecule has 0 radical (unpaired) electrons. The van der Waals surface area contributed by atoms with E-state index in [1.165, 1.54) is 19.3 Å². The molecule has 1 N–H and O–H groups in total. The molecular weight excluding hydrogens is 252 g/mol. The summed E-state index contributed by atoms with van der Waals surface area (Å²) >= 11 is 5.81. The second kappa shape index (κ2) is 8.91. The third kappa shape index (κ3) is 6.00. The van der Waals surface area contributed by atoms with Gasteiger partial charge in [-0.1, -0.05) is 33.1 Å². The van der Waals surface area contributed by atoms with E-state index in [2.05, 4.69) is 27.2 Å². The van der Waals surface area contributed by atoms with Gasteiger partial charge in [0.1, 0.15) is 0 Å². The molecule has 1 rings (SSSR count). The summed E-state index contributed by atoms with van der Waals surface area (Å²) in [6.45, 7) is 5.63.